The van der Waals surface area contributed by atoms with Crippen molar-refractivity contribution in [1.82, 2.24) is 0 Å². The number of nitrogens with one attached hydrogen (secondary N) is 1. The molecule has 0 aliphatic heterocycles. The molecule has 2 aromatic carbocycles. The van der Waals surface area contributed by atoms with Crippen molar-refractivity contribution in [2.75, 3.05) is 11.1 Å². The first-order chi connectivity index (χ1) is 9.38. The molecule has 0 aromatic heterocycles. The summed E-state index contributed by atoms with van der Waals surface area (Å²) in [5.41, 5.74) is 6.31. The van der Waals surface area contributed by atoms with Crippen molar-refractivity contribution in [3.63, 3.8) is 0 Å². The molecule has 7 heteroatoms. The number of nitrogens with two attached hydrogens (primary N) is 1. The van der Waals surface area contributed by atoms with Gasteiger partial charge >= 0.3 is 0 Å². The highest BCUT2D eigenvalue weighted by Crippen LogP contribution is 2.33. The molecular weight excluding hydrogens is 370 g/mol. The maximum atomic E-state index is 13.2. The third-order valence-electron chi connectivity index (χ3n) is 2.48. The Morgan fingerprint density at radius 1 is 1.20 bits per heavy atom. The predicted octanol–water partition coefficient (Wildman–Crippen LogP) is 4.73. The van der Waals surface area contributed by atoms with E-state index in [2.05, 4.69) is 21.2 Å². The Bertz CT molecular complexity index is 671. The van der Waals surface area contributed by atoms with Gasteiger partial charge in [-0.05, 0) is 46.3 Å². The Morgan fingerprint density at radius 3 is 2.40 bits per heavy atom. The lowest BCUT2D eigenvalue weighted by Gasteiger charge is -2.11. The van der Waals surface area contributed by atoms with Crippen LogP contribution in [0.15, 0.2) is 34.8 Å². The fourth-order valence-electron chi connectivity index (χ4n) is 1.56. The van der Waals surface area contributed by atoms with Crippen LogP contribution in [-0.4, -0.2) is 5.91 Å². The van der Waals surface area contributed by atoms with Gasteiger partial charge in [0, 0.05) is 10.2 Å². The van der Waals surface area contributed by atoms with Crippen LogP contribution in [0.3, 0.4) is 0 Å². The molecule has 0 unspecified atom stereocenters. The van der Waals surface area contributed by atoms with Crippen LogP contribution in [0.2, 0.25) is 10.0 Å². The minimum absolute atomic E-state index is 0.133. The SMILES string of the molecule is Nc1cc(Cl)c(NC(=O)c2cc(F)ccc2Br)c(Cl)c1. The van der Waals surface area contributed by atoms with Crippen molar-refractivity contribution >= 4 is 56.4 Å². The maximum absolute atomic E-state index is 13.2. The van der Waals surface area contributed by atoms with Gasteiger partial charge < -0.3 is 11.1 Å². The monoisotopic (exact) mass is 376 g/mol. The molecule has 0 spiro atoms. The highest BCUT2D eigenvalue weighted by Gasteiger charge is 2.15. The number of amides is 1. The van der Waals surface area contributed by atoms with E-state index in [1.54, 1.807) is 0 Å². The summed E-state index contributed by atoms with van der Waals surface area (Å²) >= 11 is 15.1. The summed E-state index contributed by atoms with van der Waals surface area (Å²) in [7, 11) is 0. The van der Waals surface area contributed by atoms with Crippen molar-refractivity contribution in [2.45, 2.75) is 0 Å². The third-order valence-corrected chi connectivity index (χ3v) is 3.76. The maximum Gasteiger partial charge on any atom is 0.256 e. The van der Waals surface area contributed by atoms with Crippen molar-refractivity contribution in [2.24, 2.45) is 0 Å². The number of carbonyl (C=O) groups is 1. The number of carbonyl (C=O) groups excluding carboxylic acids is 1. The molecule has 0 saturated heterocycles. The summed E-state index contributed by atoms with van der Waals surface area (Å²) in [6, 6.07) is 6.71. The van der Waals surface area contributed by atoms with Crippen molar-refractivity contribution < 1.29 is 9.18 Å². The second kappa shape index (κ2) is 5.99. The molecule has 0 radical (unpaired) electrons. The summed E-state index contributed by atoms with van der Waals surface area (Å²) in [6.07, 6.45) is 0. The molecule has 104 valence electrons. The van der Waals surface area contributed by atoms with Gasteiger partial charge in [0.15, 0.2) is 0 Å². The number of benzene rings is 2. The average Bonchev–Trinajstić information content (AvgIpc) is 2.36. The smallest absolute Gasteiger partial charge is 0.256 e. The molecular formula is C13H8BrCl2FN2O. The molecule has 3 N–H and O–H groups in total. The number of halogens is 4. The molecule has 0 heterocycles. The lowest BCUT2D eigenvalue weighted by Crippen LogP contribution is -2.13. The summed E-state index contributed by atoms with van der Waals surface area (Å²) in [5, 5.41) is 2.94. The van der Waals surface area contributed by atoms with Crippen molar-refractivity contribution in [3.8, 4) is 0 Å². The molecule has 20 heavy (non-hydrogen) atoms. The van der Waals surface area contributed by atoms with Gasteiger partial charge in [0.1, 0.15) is 5.82 Å². The second-order valence-corrected chi connectivity index (χ2v) is 5.61. The molecule has 0 saturated carbocycles. The predicted molar refractivity (Wildman–Crippen MR) is 82.9 cm³/mol. The molecule has 0 fully saturated rings. The minimum atomic E-state index is -0.537. The molecule has 0 aliphatic rings. The van der Waals surface area contributed by atoms with Gasteiger partial charge in [-0.15, -0.1) is 0 Å². The van der Waals surface area contributed by atoms with Crippen LogP contribution in [0.1, 0.15) is 10.4 Å². The number of hydrogen-bond donors (Lipinski definition) is 2. The van der Waals surface area contributed by atoms with E-state index in [1.807, 2.05) is 0 Å². The van der Waals surface area contributed by atoms with Gasteiger partial charge in [-0.25, -0.2) is 4.39 Å². The molecule has 0 aliphatic carbocycles. The van der Waals surface area contributed by atoms with E-state index in [0.29, 0.717) is 10.2 Å². The molecule has 1 amide bonds. The quantitative estimate of drug-likeness (QED) is 0.743. The summed E-state index contributed by atoms with van der Waals surface area (Å²) in [5.74, 6) is -1.06. The second-order valence-electron chi connectivity index (χ2n) is 3.94. The van der Waals surface area contributed by atoms with Gasteiger partial charge in [0.05, 0.1) is 21.3 Å². The Morgan fingerprint density at radius 2 is 1.80 bits per heavy atom. The zero-order valence-electron chi connectivity index (χ0n) is 9.88. The first-order valence-corrected chi connectivity index (χ1v) is 6.94. The first-order valence-electron chi connectivity index (χ1n) is 5.39. The van der Waals surface area contributed by atoms with Crippen LogP contribution in [0, 0.1) is 5.82 Å². The topological polar surface area (TPSA) is 55.1 Å². The van der Waals surface area contributed by atoms with E-state index in [-0.39, 0.29) is 21.3 Å². The minimum Gasteiger partial charge on any atom is -0.399 e. The summed E-state index contributed by atoms with van der Waals surface area (Å²) in [4.78, 5) is 12.1. The first kappa shape index (κ1) is 15.1. The van der Waals surface area contributed by atoms with Gasteiger partial charge in [0.2, 0.25) is 0 Å². The summed E-state index contributed by atoms with van der Waals surface area (Å²) in [6.45, 7) is 0. The van der Waals surface area contributed by atoms with Crippen molar-refractivity contribution in [1.29, 1.82) is 0 Å². The van der Waals surface area contributed by atoms with Gasteiger partial charge in [-0.2, -0.15) is 0 Å². The zero-order chi connectivity index (χ0) is 14.9. The highest BCUT2D eigenvalue weighted by atomic mass is 79.9. The third kappa shape index (κ3) is 3.23. The van der Waals surface area contributed by atoms with E-state index in [0.717, 1.165) is 6.07 Å². The Labute approximate surface area is 133 Å². The van der Waals surface area contributed by atoms with E-state index < -0.39 is 11.7 Å². The molecule has 0 bridgehead atoms. The van der Waals surface area contributed by atoms with Gasteiger partial charge in [0.25, 0.3) is 5.91 Å². The Hall–Kier alpha value is -1.30. The molecule has 3 nitrogen and oxygen atoms in total. The van der Waals surface area contributed by atoms with Crippen LogP contribution < -0.4 is 11.1 Å². The number of hydrogen-bond acceptors (Lipinski definition) is 2. The van der Waals surface area contributed by atoms with Crippen LogP contribution in [-0.2, 0) is 0 Å². The average molecular weight is 378 g/mol. The normalized spacial score (nSPS) is 10.4. The van der Waals surface area contributed by atoms with E-state index in [1.165, 1.54) is 24.3 Å². The highest BCUT2D eigenvalue weighted by molar-refractivity contribution is 9.10. The largest absolute Gasteiger partial charge is 0.399 e. The van der Waals surface area contributed by atoms with E-state index in [9.17, 15) is 9.18 Å². The van der Waals surface area contributed by atoms with Crippen LogP contribution >= 0.6 is 39.1 Å². The number of rotatable bonds is 2. The summed E-state index contributed by atoms with van der Waals surface area (Å²) < 4.78 is 13.6. The Kier molecular flexibility index (Phi) is 4.52. The number of anilines is 2. The molecule has 2 aromatic rings. The van der Waals surface area contributed by atoms with Crippen LogP contribution in [0.25, 0.3) is 0 Å². The Balaban J connectivity index is 2.35. The van der Waals surface area contributed by atoms with Crippen molar-refractivity contribution in [3.05, 3.63) is 56.2 Å². The van der Waals surface area contributed by atoms with E-state index in [4.69, 9.17) is 28.9 Å². The fraction of sp³-hybridized carbons (Fsp3) is 0. The number of nitrogen functional groups attached to an aromatic ring is 1. The van der Waals surface area contributed by atoms with Gasteiger partial charge in [-0.1, -0.05) is 23.2 Å². The standard InChI is InChI=1S/C13H8BrCl2FN2O/c14-9-2-1-6(17)3-8(9)13(20)19-12-10(15)4-7(18)5-11(12)16/h1-5H,18H2,(H,19,20). The molecule has 2 rings (SSSR count). The van der Waals surface area contributed by atoms with E-state index >= 15 is 0 Å². The fourth-order valence-corrected chi connectivity index (χ4v) is 2.59. The lowest BCUT2D eigenvalue weighted by atomic mass is 10.2. The van der Waals surface area contributed by atoms with Crippen LogP contribution in [0.5, 0.6) is 0 Å². The lowest BCUT2D eigenvalue weighted by molar-refractivity contribution is 0.102. The van der Waals surface area contributed by atoms with Gasteiger partial charge in [-0.3, -0.25) is 4.79 Å². The zero-order valence-corrected chi connectivity index (χ0v) is 13.0. The molecule has 0 atom stereocenters. The van der Waals surface area contributed by atoms with Crippen LogP contribution in [0.4, 0.5) is 15.8 Å².